The van der Waals surface area contributed by atoms with Crippen LogP contribution in [0.5, 0.6) is 0 Å². The van der Waals surface area contributed by atoms with Gasteiger partial charge in [-0.05, 0) is 44.9 Å². The molecule has 0 aliphatic carbocycles. The van der Waals surface area contributed by atoms with E-state index in [2.05, 4.69) is 11.1 Å². The van der Waals surface area contributed by atoms with Gasteiger partial charge in [0.25, 0.3) is 0 Å². The van der Waals surface area contributed by atoms with E-state index in [4.69, 9.17) is 0 Å². The molecule has 0 saturated carbocycles. The fraction of sp³-hybridized carbons (Fsp3) is 0.444. The van der Waals surface area contributed by atoms with Crippen molar-refractivity contribution in [1.29, 1.82) is 5.26 Å². The number of fused-ring (bicyclic) bond motifs is 1. The summed E-state index contributed by atoms with van der Waals surface area (Å²) in [5.74, 6) is -0.394. The van der Waals surface area contributed by atoms with E-state index < -0.39 is 20.4 Å². The van der Waals surface area contributed by atoms with E-state index in [0.717, 1.165) is 0 Å². The third kappa shape index (κ3) is 2.95. The molecule has 0 radical (unpaired) electrons. The number of aryl methyl sites for hydroxylation is 1. The van der Waals surface area contributed by atoms with Crippen molar-refractivity contribution in [2.75, 3.05) is 23.7 Å². The summed E-state index contributed by atoms with van der Waals surface area (Å²) in [6.45, 7) is 5.98. The predicted octanol–water partition coefficient (Wildman–Crippen LogP) is 2.96. The van der Waals surface area contributed by atoms with E-state index in [1.54, 1.807) is 20.8 Å². The molecule has 7 heteroatoms. The molecule has 1 aliphatic heterocycles. The molecule has 0 spiro atoms. The lowest BCUT2D eigenvalue weighted by Gasteiger charge is -2.26. The lowest BCUT2D eigenvalue weighted by Crippen LogP contribution is -2.33. The minimum absolute atomic E-state index is 0.00296. The first-order valence-electron chi connectivity index (χ1n) is 8.12. The Labute approximate surface area is 147 Å². The van der Waals surface area contributed by atoms with Gasteiger partial charge in [-0.25, -0.2) is 12.8 Å². The van der Waals surface area contributed by atoms with Crippen molar-refractivity contribution in [2.45, 2.75) is 31.9 Å². The van der Waals surface area contributed by atoms with Crippen LogP contribution in [0.2, 0.25) is 0 Å². The molecule has 1 aromatic carbocycles. The van der Waals surface area contributed by atoms with Gasteiger partial charge in [0.15, 0.2) is 9.84 Å². The molecule has 5 nitrogen and oxygen atoms in total. The first-order chi connectivity index (χ1) is 11.7. The second kappa shape index (κ2) is 5.95. The van der Waals surface area contributed by atoms with Crippen LogP contribution < -0.4 is 4.90 Å². The summed E-state index contributed by atoms with van der Waals surface area (Å²) in [4.78, 5) is 6.18. The number of hydrogen-bond donors (Lipinski definition) is 0. The third-order valence-electron chi connectivity index (χ3n) is 4.99. The number of nitrogens with zero attached hydrogens (tertiary/aromatic N) is 3. The number of aromatic nitrogens is 1. The normalized spacial score (nSPS) is 19.4. The van der Waals surface area contributed by atoms with Gasteiger partial charge in [-0.2, -0.15) is 5.26 Å². The van der Waals surface area contributed by atoms with Gasteiger partial charge >= 0.3 is 0 Å². The average molecular weight is 361 g/mol. The highest BCUT2D eigenvalue weighted by molar-refractivity contribution is 7.92. The largest absolute Gasteiger partial charge is 0.369 e. The number of anilines is 1. The van der Waals surface area contributed by atoms with Crippen LogP contribution in [0.15, 0.2) is 18.3 Å². The van der Waals surface area contributed by atoms with E-state index in [0.29, 0.717) is 40.7 Å². The van der Waals surface area contributed by atoms with Gasteiger partial charge in [-0.1, -0.05) is 0 Å². The Morgan fingerprint density at radius 2 is 2.04 bits per heavy atom. The molecule has 0 amide bonds. The standard InChI is InChI=1S/C18H20FN3O2S/c1-12-8-14(19)9-15-16(12)21-11-13(10-20)17(15)22-5-4-18(2,3)25(23,24)7-6-22/h8-9,11H,4-7H2,1-3H3. The van der Waals surface area contributed by atoms with Crippen LogP contribution in [-0.2, 0) is 9.84 Å². The first-order valence-corrected chi connectivity index (χ1v) is 9.78. The summed E-state index contributed by atoms with van der Waals surface area (Å²) in [5.41, 5.74) is 2.21. The maximum absolute atomic E-state index is 14.0. The summed E-state index contributed by atoms with van der Waals surface area (Å²) < 4.78 is 38.1. The van der Waals surface area contributed by atoms with E-state index in [1.807, 2.05) is 4.90 Å². The molecule has 2 aromatic rings. The molecule has 25 heavy (non-hydrogen) atoms. The molecule has 1 aromatic heterocycles. The summed E-state index contributed by atoms with van der Waals surface area (Å²) >= 11 is 0. The Morgan fingerprint density at radius 1 is 1.32 bits per heavy atom. The lowest BCUT2D eigenvalue weighted by molar-refractivity contribution is 0.538. The quantitative estimate of drug-likeness (QED) is 0.781. The number of nitriles is 1. The van der Waals surface area contributed by atoms with Crippen molar-refractivity contribution in [3.8, 4) is 6.07 Å². The number of pyridine rings is 1. The number of benzene rings is 1. The molecule has 3 rings (SSSR count). The van der Waals surface area contributed by atoms with Crippen LogP contribution in [0.25, 0.3) is 10.9 Å². The monoisotopic (exact) mass is 361 g/mol. The molecular weight excluding hydrogens is 341 g/mol. The highest BCUT2D eigenvalue weighted by Gasteiger charge is 2.37. The van der Waals surface area contributed by atoms with E-state index >= 15 is 0 Å². The zero-order valence-electron chi connectivity index (χ0n) is 14.5. The maximum Gasteiger partial charge on any atom is 0.157 e. The summed E-state index contributed by atoms with van der Waals surface area (Å²) in [5, 5.41) is 10.0. The van der Waals surface area contributed by atoms with Crippen LogP contribution in [-0.4, -0.2) is 37.0 Å². The van der Waals surface area contributed by atoms with Crippen molar-refractivity contribution in [3.05, 3.63) is 35.3 Å². The smallest absolute Gasteiger partial charge is 0.157 e. The molecule has 1 aliphatic rings. The molecular formula is C18H20FN3O2S. The summed E-state index contributed by atoms with van der Waals surface area (Å²) in [6, 6.07) is 4.88. The predicted molar refractivity (Wildman–Crippen MR) is 95.8 cm³/mol. The van der Waals surface area contributed by atoms with Crippen LogP contribution in [0.3, 0.4) is 0 Å². The Bertz CT molecular complexity index is 994. The molecule has 0 unspecified atom stereocenters. The third-order valence-corrected chi connectivity index (χ3v) is 7.60. The first kappa shape index (κ1) is 17.6. The Morgan fingerprint density at radius 3 is 2.72 bits per heavy atom. The zero-order valence-corrected chi connectivity index (χ0v) is 15.3. The van der Waals surface area contributed by atoms with E-state index in [1.165, 1.54) is 18.3 Å². The Balaban J connectivity index is 2.20. The SMILES string of the molecule is Cc1cc(F)cc2c(N3CCC(C)(C)S(=O)(=O)CC3)c(C#N)cnc12. The molecule has 0 N–H and O–H groups in total. The van der Waals surface area contributed by atoms with Crippen molar-refractivity contribution >= 4 is 26.4 Å². The second-order valence-corrected chi connectivity index (χ2v) is 9.81. The van der Waals surface area contributed by atoms with Crippen LogP contribution in [0.4, 0.5) is 10.1 Å². The summed E-state index contributed by atoms with van der Waals surface area (Å²) in [6.07, 6.45) is 1.92. The fourth-order valence-electron chi connectivity index (χ4n) is 3.25. The van der Waals surface area contributed by atoms with E-state index in [-0.39, 0.29) is 12.3 Å². The van der Waals surface area contributed by atoms with Gasteiger partial charge in [-0.3, -0.25) is 4.98 Å². The number of halogens is 1. The van der Waals surface area contributed by atoms with Crippen molar-refractivity contribution in [2.24, 2.45) is 0 Å². The molecule has 0 bridgehead atoms. The van der Waals surface area contributed by atoms with Crippen molar-refractivity contribution in [3.63, 3.8) is 0 Å². The van der Waals surface area contributed by atoms with Gasteiger partial charge in [0, 0.05) is 24.7 Å². The van der Waals surface area contributed by atoms with Gasteiger partial charge in [0.2, 0.25) is 0 Å². The second-order valence-electron chi connectivity index (χ2n) is 7.07. The number of sulfone groups is 1. The average Bonchev–Trinajstić information content (AvgIpc) is 2.63. The Kier molecular flexibility index (Phi) is 4.20. The van der Waals surface area contributed by atoms with Crippen LogP contribution in [0.1, 0.15) is 31.4 Å². The minimum Gasteiger partial charge on any atom is -0.369 e. The fourth-order valence-corrected chi connectivity index (χ4v) is 4.66. The van der Waals surface area contributed by atoms with Gasteiger partial charge in [-0.15, -0.1) is 0 Å². The number of hydrogen-bond acceptors (Lipinski definition) is 5. The lowest BCUT2D eigenvalue weighted by atomic mass is 10.0. The van der Waals surface area contributed by atoms with Crippen LogP contribution in [0, 0.1) is 24.1 Å². The number of rotatable bonds is 1. The Hall–Kier alpha value is -2.20. The zero-order chi connectivity index (χ0) is 18.4. The van der Waals surface area contributed by atoms with Crippen molar-refractivity contribution < 1.29 is 12.8 Å². The van der Waals surface area contributed by atoms with Gasteiger partial charge in [0.05, 0.1) is 27.3 Å². The topological polar surface area (TPSA) is 74.1 Å². The maximum atomic E-state index is 14.0. The van der Waals surface area contributed by atoms with Gasteiger partial charge in [0.1, 0.15) is 11.9 Å². The van der Waals surface area contributed by atoms with Gasteiger partial charge < -0.3 is 4.90 Å². The highest BCUT2D eigenvalue weighted by atomic mass is 32.2. The highest BCUT2D eigenvalue weighted by Crippen LogP contribution is 2.34. The van der Waals surface area contributed by atoms with Crippen LogP contribution >= 0.6 is 0 Å². The minimum atomic E-state index is -3.24. The van der Waals surface area contributed by atoms with E-state index in [9.17, 15) is 18.1 Å². The summed E-state index contributed by atoms with van der Waals surface area (Å²) in [7, 11) is -3.24. The molecule has 1 saturated heterocycles. The van der Waals surface area contributed by atoms with Crippen molar-refractivity contribution in [1.82, 2.24) is 4.98 Å². The molecule has 2 heterocycles. The molecule has 0 atom stereocenters. The molecule has 1 fully saturated rings. The molecule has 132 valence electrons.